The molecule has 2 rings (SSSR count). The number of aliphatic hydroxyl groups is 1. The SMILES string of the molecule is CCCCCOC(=O)c1ccc(NC2=C(C(=O)OC)CN(CCO)C2=O)cc1. The van der Waals surface area contributed by atoms with Gasteiger partial charge in [0, 0.05) is 12.2 Å². The van der Waals surface area contributed by atoms with Crippen LogP contribution in [-0.4, -0.2) is 61.3 Å². The Balaban J connectivity index is 2.07. The molecule has 0 aliphatic carbocycles. The van der Waals surface area contributed by atoms with Gasteiger partial charge in [-0.05, 0) is 30.7 Å². The Morgan fingerprint density at radius 3 is 2.50 bits per heavy atom. The van der Waals surface area contributed by atoms with E-state index in [0.29, 0.717) is 17.9 Å². The van der Waals surface area contributed by atoms with Gasteiger partial charge >= 0.3 is 11.9 Å². The highest BCUT2D eigenvalue weighted by molar-refractivity contribution is 6.08. The summed E-state index contributed by atoms with van der Waals surface area (Å²) in [5, 5.41) is 12.0. The van der Waals surface area contributed by atoms with Gasteiger partial charge in [0.25, 0.3) is 5.91 Å². The summed E-state index contributed by atoms with van der Waals surface area (Å²) in [5.74, 6) is -1.40. The molecule has 2 N–H and O–H groups in total. The molecule has 8 heteroatoms. The summed E-state index contributed by atoms with van der Waals surface area (Å²) in [4.78, 5) is 37.8. The molecule has 1 aromatic rings. The average Bonchev–Trinajstić information content (AvgIpc) is 3.01. The van der Waals surface area contributed by atoms with Gasteiger partial charge in [0.15, 0.2) is 0 Å². The molecule has 8 nitrogen and oxygen atoms in total. The predicted molar refractivity (Wildman–Crippen MR) is 103 cm³/mol. The molecule has 1 amide bonds. The maximum Gasteiger partial charge on any atom is 0.338 e. The summed E-state index contributed by atoms with van der Waals surface area (Å²) in [6.07, 6.45) is 2.89. The minimum Gasteiger partial charge on any atom is -0.466 e. The predicted octanol–water partition coefficient (Wildman–Crippen LogP) is 1.71. The number of unbranched alkanes of at least 4 members (excludes halogenated alkanes) is 2. The lowest BCUT2D eigenvalue weighted by Gasteiger charge is -2.15. The normalized spacial score (nSPS) is 13.7. The first-order valence-corrected chi connectivity index (χ1v) is 9.27. The zero-order valence-corrected chi connectivity index (χ0v) is 16.2. The van der Waals surface area contributed by atoms with Crippen LogP contribution in [0.3, 0.4) is 0 Å². The van der Waals surface area contributed by atoms with Crippen LogP contribution in [0.4, 0.5) is 5.69 Å². The number of amides is 1. The number of nitrogens with one attached hydrogen (secondary N) is 1. The maximum absolute atomic E-state index is 12.5. The summed E-state index contributed by atoms with van der Waals surface area (Å²) < 4.78 is 9.95. The highest BCUT2D eigenvalue weighted by atomic mass is 16.5. The molecule has 0 spiro atoms. The van der Waals surface area contributed by atoms with E-state index >= 15 is 0 Å². The zero-order chi connectivity index (χ0) is 20.5. The number of esters is 2. The van der Waals surface area contributed by atoms with Crippen molar-refractivity contribution in [3.63, 3.8) is 0 Å². The summed E-state index contributed by atoms with van der Waals surface area (Å²) >= 11 is 0. The number of nitrogens with zero attached hydrogens (tertiary/aromatic N) is 1. The van der Waals surface area contributed by atoms with Crippen LogP contribution in [0.5, 0.6) is 0 Å². The second kappa shape index (κ2) is 10.5. The quantitative estimate of drug-likeness (QED) is 0.463. The van der Waals surface area contributed by atoms with Gasteiger partial charge in [0.2, 0.25) is 0 Å². The van der Waals surface area contributed by atoms with E-state index in [1.54, 1.807) is 24.3 Å². The first-order valence-electron chi connectivity index (χ1n) is 9.27. The minimum atomic E-state index is -0.608. The van der Waals surface area contributed by atoms with Crippen LogP contribution in [0.15, 0.2) is 35.5 Å². The lowest BCUT2D eigenvalue weighted by Crippen LogP contribution is -2.31. The molecule has 1 aliphatic heterocycles. The highest BCUT2D eigenvalue weighted by Gasteiger charge is 2.34. The number of β-amino-alcohol motifs (C(OH)–C–C–N with tert-alkyl or cyclic N) is 1. The summed E-state index contributed by atoms with van der Waals surface area (Å²) in [5.41, 5.74) is 1.25. The number of hydrogen-bond donors (Lipinski definition) is 2. The van der Waals surface area contributed by atoms with Gasteiger partial charge in [0.1, 0.15) is 5.70 Å². The van der Waals surface area contributed by atoms with Crippen molar-refractivity contribution in [1.29, 1.82) is 0 Å². The number of anilines is 1. The largest absolute Gasteiger partial charge is 0.466 e. The van der Waals surface area contributed by atoms with Gasteiger partial charge in [-0.3, -0.25) is 4.79 Å². The van der Waals surface area contributed by atoms with E-state index < -0.39 is 17.8 Å². The molecule has 0 unspecified atom stereocenters. The van der Waals surface area contributed by atoms with Gasteiger partial charge in [-0.15, -0.1) is 0 Å². The topological polar surface area (TPSA) is 105 Å². The Hall–Kier alpha value is -2.87. The maximum atomic E-state index is 12.5. The number of hydrogen-bond acceptors (Lipinski definition) is 7. The van der Waals surface area contributed by atoms with Crippen LogP contribution in [0.25, 0.3) is 0 Å². The smallest absolute Gasteiger partial charge is 0.338 e. The molecule has 0 atom stereocenters. The average molecular weight is 390 g/mol. The molecule has 28 heavy (non-hydrogen) atoms. The molecule has 0 bridgehead atoms. The van der Waals surface area contributed by atoms with Crippen LogP contribution >= 0.6 is 0 Å². The molecule has 0 fully saturated rings. The number of carbonyl (C=O) groups is 3. The van der Waals surface area contributed by atoms with Gasteiger partial charge in [-0.1, -0.05) is 19.8 Å². The first-order chi connectivity index (χ1) is 13.5. The van der Waals surface area contributed by atoms with Crippen molar-refractivity contribution < 1.29 is 29.0 Å². The Bertz CT molecular complexity index is 742. The minimum absolute atomic E-state index is 0.0660. The van der Waals surface area contributed by atoms with E-state index in [2.05, 4.69) is 12.2 Å². The number of methoxy groups -OCH3 is 1. The van der Waals surface area contributed by atoms with Crippen LogP contribution < -0.4 is 5.32 Å². The third-order valence-corrected chi connectivity index (χ3v) is 4.32. The molecule has 0 radical (unpaired) electrons. The second-order valence-electron chi connectivity index (χ2n) is 6.34. The summed E-state index contributed by atoms with van der Waals surface area (Å²) in [7, 11) is 1.24. The van der Waals surface area contributed by atoms with Gasteiger partial charge in [0.05, 0.1) is 38.0 Å². The van der Waals surface area contributed by atoms with Gasteiger partial charge < -0.3 is 24.8 Å². The van der Waals surface area contributed by atoms with Crippen molar-refractivity contribution in [3.05, 3.63) is 41.1 Å². The fourth-order valence-electron chi connectivity index (χ4n) is 2.78. The van der Waals surface area contributed by atoms with Crippen molar-refractivity contribution in [2.75, 3.05) is 38.7 Å². The fraction of sp³-hybridized carbons (Fsp3) is 0.450. The number of carbonyl (C=O) groups excluding carboxylic acids is 3. The molecule has 1 aliphatic rings. The second-order valence-corrected chi connectivity index (χ2v) is 6.34. The Labute approximate surface area is 164 Å². The molecular formula is C20H26N2O6. The van der Waals surface area contributed by atoms with E-state index in [4.69, 9.17) is 14.6 Å². The van der Waals surface area contributed by atoms with E-state index in [1.807, 2.05) is 0 Å². The third-order valence-electron chi connectivity index (χ3n) is 4.32. The van der Waals surface area contributed by atoms with Crippen LogP contribution in [0, 0.1) is 0 Å². The molecule has 0 saturated carbocycles. The molecule has 1 heterocycles. The Morgan fingerprint density at radius 1 is 1.18 bits per heavy atom. The molecule has 0 aromatic heterocycles. The third kappa shape index (κ3) is 5.32. The van der Waals surface area contributed by atoms with Gasteiger partial charge in [-0.25, -0.2) is 9.59 Å². The van der Waals surface area contributed by atoms with E-state index in [-0.39, 0.29) is 31.0 Å². The van der Waals surface area contributed by atoms with Crippen molar-refractivity contribution in [1.82, 2.24) is 4.90 Å². The van der Waals surface area contributed by atoms with Crippen LogP contribution in [0.1, 0.15) is 36.5 Å². The molecular weight excluding hydrogens is 364 g/mol. The van der Waals surface area contributed by atoms with Gasteiger partial charge in [-0.2, -0.15) is 0 Å². The number of aliphatic hydroxyl groups excluding tert-OH is 1. The standard InChI is InChI=1S/C20H26N2O6/c1-3-4-5-12-28-19(25)14-6-8-15(9-7-14)21-17-16(20(26)27-2)13-22(10-11-23)18(17)24/h6-9,21,23H,3-5,10-13H2,1-2H3. The lowest BCUT2D eigenvalue weighted by molar-refractivity contribution is -0.136. The van der Waals surface area contributed by atoms with Crippen LogP contribution in [0.2, 0.25) is 0 Å². The van der Waals surface area contributed by atoms with E-state index in [0.717, 1.165) is 19.3 Å². The van der Waals surface area contributed by atoms with Crippen molar-refractivity contribution in [2.24, 2.45) is 0 Å². The number of rotatable bonds is 10. The van der Waals surface area contributed by atoms with Crippen LogP contribution in [-0.2, 0) is 19.1 Å². The molecule has 152 valence electrons. The van der Waals surface area contributed by atoms with E-state index in [9.17, 15) is 14.4 Å². The lowest BCUT2D eigenvalue weighted by atomic mass is 10.2. The van der Waals surface area contributed by atoms with Crippen molar-refractivity contribution in [2.45, 2.75) is 26.2 Å². The molecule has 1 aromatic carbocycles. The Morgan fingerprint density at radius 2 is 1.89 bits per heavy atom. The monoisotopic (exact) mass is 390 g/mol. The Kier molecular flexibility index (Phi) is 8.01. The number of ether oxygens (including phenoxy) is 2. The van der Waals surface area contributed by atoms with Crippen molar-refractivity contribution >= 4 is 23.5 Å². The summed E-state index contributed by atoms with van der Waals surface area (Å²) in [6.45, 7) is 2.44. The first kappa shape index (κ1) is 21.4. The fourth-order valence-corrected chi connectivity index (χ4v) is 2.78. The zero-order valence-electron chi connectivity index (χ0n) is 16.2. The summed E-state index contributed by atoms with van der Waals surface area (Å²) in [6, 6.07) is 6.45. The van der Waals surface area contributed by atoms with E-state index in [1.165, 1.54) is 12.0 Å². The highest BCUT2D eigenvalue weighted by Crippen LogP contribution is 2.23. The number of benzene rings is 1. The van der Waals surface area contributed by atoms with Crippen molar-refractivity contribution in [3.8, 4) is 0 Å². The molecule has 0 saturated heterocycles.